The van der Waals surface area contributed by atoms with Crippen molar-refractivity contribution in [1.82, 2.24) is 0 Å². The van der Waals surface area contributed by atoms with Crippen LogP contribution >= 0.6 is 0 Å². The lowest BCUT2D eigenvalue weighted by molar-refractivity contribution is 0.669. The van der Waals surface area contributed by atoms with Gasteiger partial charge in [0.15, 0.2) is 0 Å². The molecule has 0 atom stereocenters. The molecule has 0 saturated carbocycles. The highest BCUT2D eigenvalue weighted by Crippen LogP contribution is 2.42. The molecule has 1 heterocycles. The van der Waals surface area contributed by atoms with Gasteiger partial charge in [-0.2, -0.15) is 0 Å². The zero-order chi connectivity index (χ0) is 18.7. The second kappa shape index (κ2) is 5.67. The summed E-state index contributed by atoms with van der Waals surface area (Å²) in [5.74, 6) is 0. The number of rotatable bonds is 2. The third kappa shape index (κ3) is 1.95. The molecule has 0 bridgehead atoms. The van der Waals surface area contributed by atoms with Crippen molar-refractivity contribution < 1.29 is 4.42 Å². The molecule has 0 saturated heterocycles. The molecule has 6 rings (SSSR count). The molecule has 0 aliphatic heterocycles. The molecule has 28 heavy (non-hydrogen) atoms. The maximum absolute atomic E-state index is 6.25. The Morgan fingerprint density at radius 1 is 0.607 bits per heavy atom. The van der Waals surface area contributed by atoms with E-state index >= 15 is 0 Å². The lowest BCUT2D eigenvalue weighted by atomic mass is 9.89. The summed E-state index contributed by atoms with van der Waals surface area (Å²) in [7, 11) is 0. The first-order chi connectivity index (χ1) is 13.9. The number of furan rings is 1. The molecule has 0 unspecified atom stereocenters. The van der Waals surface area contributed by atoms with Crippen LogP contribution in [0, 0.1) is 0 Å². The fraction of sp³-hybridized carbons (Fsp3) is 0.0385. The van der Waals surface area contributed by atoms with E-state index in [1.165, 1.54) is 37.9 Å². The van der Waals surface area contributed by atoms with E-state index in [4.69, 9.17) is 4.42 Å². The van der Waals surface area contributed by atoms with Crippen LogP contribution in [-0.2, 0) is 6.54 Å². The van der Waals surface area contributed by atoms with Gasteiger partial charge in [-0.1, -0.05) is 66.7 Å². The summed E-state index contributed by atoms with van der Waals surface area (Å²) in [6, 6.07) is 27.7. The Hall–Kier alpha value is -3.65. The first kappa shape index (κ1) is 15.4. The van der Waals surface area contributed by atoms with E-state index in [0.717, 1.165) is 21.9 Å². The summed E-state index contributed by atoms with van der Waals surface area (Å²) >= 11 is 0. The zero-order valence-corrected chi connectivity index (χ0v) is 15.3. The van der Waals surface area contributed by atoms with Gasteiger partial charge >= 0.3 is 0 Å². The minimum Gasteiger partial charge on any atom is -0.456 e. The fourth-order valence-corrected chi connectivity index (χ4v) is 4.65. The van der Waals surface area contributed by atoms with Crippen molar-refractivity contribution in [3.63, 3.8) is 0 Å². The molecular weight excluding hydrogens is 342 g/mol. The summed E-state index contributed by atoms with van der Waals surface area (Å²) in [4.78, 5) is 4.29. The molecule has 0 aliphatic carbocycles. The molecule has 0 radical (unpaired) electrons. The molecule has 2 nitrogen and oxygen atoms in total. The van der Waals surface area contributed by atoms with Gasteiger partial charge in [-0.25, -0.2) is 0 Å². The average Bonchev–Trinajstić information content (AvgIpc) is 3.12. The molecule has 0 aliphatic rings. The number of para-hydroxylation sites is 1. The molecule has 0 fully saturated rings. The van der Waals surface area contributed by atoms with E-state index in [2.05, 4.69) is 78.4 Å². The summed E-state index contributed by atoms with van der Waals surface area (Å²) in [5, 5.41) is 9.76. The molecular formula is C26H17NO. The number of nitrogens with zero attached hydrogens (tertiary/aromatic N) is 1. The SMILES string of the molecule is C=NCc1c2c(cc3c4ccccc4c4ccccc4c13)oc1ccccc12. The summed E-state index contributed by atoms with van der Waals surface area (Å²) in [6.07, 6.45) is 0. The van der Waals surface area contributed by atoms with Gasteiger partial charge in [0.2, 0.25) is 0 Å². The van der Waals surface area contributed by atoms with Gasteiger partial charge < -0.3 is 4.42 Å². The Morgan fingerprint density at radius 2 is 1.18 bits per heavy atom. The Labute approximate surface area is 161 Å². The van der Waals surface area contributed by atoms with Crippen molar-refractivity contribution in [2.75, 3.05) is 0 Å². The molecule has 5 aromatic carbocycles. The molecule has 0 N–H and O–H groups in total. The molecule has 2 heteroatoms. The van der Waals surface area contributed by atoms with Gasteiger partial charge in [0.25, 0.3) is 0 Å². The monoisotopic (exact) mass is 359 g/mol. The molecule has 6 aromatic rings. The van der Waals surface area contributed by atoms with Gasteiger partial charge in [0, 0.05) is 10.8 Å². The zero-order valence-electron chi connectivity index (χ0n) is 15.3. The highest BCUT2D eigenvalue weighted by molar-refractivity contribution is 6.29. The smallest absolute Gasteiger partial charge is 0.136 e. The largest absolute Gasteiger partial charge is 0.456 e. The van der Waals surface area contributed by atoms with Gasteiger partial charge in [-0.05, 0) is 56.7 Å². The normalized spacial score (nSPS) is 11.9. The van der Waals surface area contributed by atoms with Crippen LogP contribution < -0.4 is 0 Å². The van der Waals surface area contributed by atoms with E-state index in [1.54, 1.807) is 0 Å². The van der Waals surface area contributed by atoms with Crippen LogP contribution in [-0.4, -0.2) is 6.72 Å². The molecule has 0 spiro atoms. The van der Waals surface area contributed by atoms with E-state index < -0.39 is 0 Å². The van der Waals surface area contributed by atoms with Gasteiger partial charge in [-0.15, -0.1) is 0 Å². The van der Waals surface area contributed by atoms with E-state index in [1.807, 2.05) is 12.1 Å². The van der Waals surface area contributed by atoms with Crippen LogP contribution in [0.3, 0.4) is 0 Å². The van der Waals surface area contributed by atoms with E-state index in [0.29, 0.717) is 6.54 Å². The average molecular weight is 359 g/mol. The highest BCUT2D eigenvalue weighted by atomic mass is 16.3. The van der Waals surface area contributed by atoms with Crippen molar-refractivity contribution in [2.24, 2.45) is 4.99 Å². The number of benzene rings is 5. The van der Waals surface area contributed by atoms with Crippen LogP contribution in [0.5, 0.6) is 0 Å². The number of aliphatic imine (C=N–C) groups is 1. The molecule has 1 aromatic heterocycles. The fourth-order valence-electron chi connectivity index (χ4n) is 4.65. The van der Waals surface area contributed by atoms with Crippen molar-refractivity contribution in [1.29, 1.82) is 0 Å². The third-order valence-corrected chi connectivity index (χ3v) is 5.74. The van der Waals surface area contributed by atoms with Gasteiger partial charge in [-0.3, -0.25) is 4.99 Å². The predicted octanol–water partition coefficient (Wildman–Crippen LogP) is 7.25. The van der Waals surface area contributed by atoms with Crippen LogP contribution in [0.1, 0.15) is 5.56 Å². The first-order valence-corrected chi connectivity index (χ1v) is 9.45. The van der Waals surface area contributed by atoms with Crippen molar-refractivity contribution in [2.45, 2.75) is 6.54 Å². The van der Waals surface area contributed by atoms with Crippen LogP contribution in [0.2, 0.25) is 0 Å². The van der Waals surface area contributed by atoms with Crippen molar-refractivity contribution in [3.05, 3.63) is 84.4 Å². The van der Waals surface area contributed by atoms with Crippen LogP contribution in [0.15, 0.2) is 88.3 Å². The Balaban J connectivity index is 2.01. The van der Waals surface area contributed by atoms with E-state index in [-0.39, 0.29) is 0 Å². The lowest BCUT2D eigenvalue weighted by Crippen LogP contribution is -1.91. The van der Waals surface area contributed by atoms with Gasteiger partial charge in [0.05, 0.1) is 6.54 Å². The molecule has 132 valence electrons. The Bertz CT molecular complexity index is 1560. The summed E-state index contributed by atoms with van der Waals surface area (Å²) < 4.78 is 6.25. The highest BCUT2D eigenvalue weighted by Gasteiger charge is 2.18. The van der Waals surface area contributed by atoms with Crippen molar-refractivity contribution >= 4 is 61.0 Å². The Kier molecular flexibility index (Phi) is 3.12. The van der Waals surface area contributed by atoms with Gasteiger partial charge in [0.1, 0.15) is 11.2 Å². The lowest BCUT2D eigenvalue weighted by Gasteiger charge is -2.14. The second-order valence-electron chi connectivity index (χ2n) is 7.22. The minimum atomic E-state index is 0.555. The van der Waals surface area contributed by atoms with E-state index in [9.17, 15) is 0 Å². The maximum Gasteiger partial charge on any atom is 0.136 e. The number of hydrogen-bond donors (Lipinski definition) is 0. The quantitative estimate of drug-likeness (QED) is 0.236. The maximum atomic E-state index is 6.25. The summed E-state index contributed by atoms with van der Waals surface area (Å²) in [6.45, 7) is 4.35. The first-order valence-electron chi connectivity index (χ1n) is 9.45. The van der Waals surface area contributed by atoms with Crippen molar-refractivity contribution in [3.8, 4) is 0 Å². The number of hydrogen-bond acceptors (Lipinski definition) is 2. The van der Waals surface area contributed by atoms with Crippen LogP contribution in [0.25, 0.3) is 54.3 Å². The summed E-state index contributed by atoms with van der Waals surface area (Å²) in [5.41, 5.74) is 3.01. The third-order valence-electron chi connectivity index (χ3n) is 5.74. The topological polar surface area (TPSA) is 25.5 Å². The minimum absolute atomic E-state index is 0.555. The standard InChI is InChI=1S/C26H17NO/c1-27-15-22-25-19-11-5-4-9-17(19)16-8-2-3-10-18(16)21(25)14-24-26(22)20-12-6-7-13-23(20)28-24/h2-14H,1,15H2. The second-order valence-corrected chi connectivity index (χ2v) is 7.22. The molecule has 0 amide bonds. The Morgan fingerprint density at radius 3 is 1.89 bits per heavy atom. The number of fused-ring (bicyclic) bond motifs is 9. The van der Waals surface area contributed by atoms with Crippen LogP contribution in [0.4, 0.5) is 0 Å². The predicted molar refractivity (Wildman–Crippen MR) is 119 cm³/mol.